The summed E-state index contributed by atoms with van der Waals surface area (Å²) in [5, 5.41) is 10.0. The van der Waals surface area contributed by atoms with Crippen LogP contribution in [0.25, 0.3) is 0 Å². The van der Waals surface area contributed by atoms with Gasteiger partial charge in [0.15, 0.2) is 0 Å². The molecule has 0 fully saturated rings. The van der Waals surface area contributed by atoms with Crippen LogP contribution in [0, 0.1) is 11.8 Å². The van der Waals surface area contributed by atoms with Crippen LogP contribution in [-0.2, 0) is 4.74 Å². The molecule has 1 N–H and O–H groups in total. The average molecular weight is 231 g/mol. The Kier molecular flexibility index (Phi) is 8.90. The maximum Gasteiger partial charge on any atom is 0.0692 e. The van der Waals surface area contributed by atoms with Crippen LogP contribution in [0.5, 0.6) is 0 Å². The number of hydrogen-bond donors (Lipinski definition) is 1. The van der Waals surface area contributed by atoms with Crippen LogP contribution in [-0.4, -0.2) is 49.5 Å². The van der Waals surface area contributed by atoms with Gasteiger partial charge in [-0.25, -0.2) is 0 Å². The van der Waals surface area contributed by atoms with Gasteiger partial charge in [-0.3, -0.25) is 4.90 Å². The zero-order chi connectivity index (χ0) is 12.6. The van der Waals surface area contributed by atoms with Crippen LogP contribution in [0.3, 0.4) is 0 Å². The van der Waals surface area contributed by atoms with E-state index in [0.717, 1.165) is 32.7 Å². The number of hydrogen-bond acceptors (Lipinski definition) is 3. The fourth-order valence-corrected chi connectivity index (χ4v) is 1.71. The van der Waals surface area contributed by atoms with Crippen LogP contribution < -0.4 is 0 Å². The zero-order valence-electron chi connectivity index (χ0n) is 11.6. The Morgan fingerprint density at radius 2 is 1.81 bits per heavy atom. The van der Waals surface area contributed by atoms with Crippen molar-refractivity contribution in [1.82, 2.24) is 4.90 Å². The van der Waals surface area contributed by atoms with Gasteiger partial charge in [-0.2, -0.15) is 0 Å². The van der Waals surface area contributed by atoms with E-state index in [4.69, 9.17) is 4.74 Å². The van der Waals surface area contributed by atoms with Gasteiger partial charge < -0.3 is 9.84 Å². The quantitative estimate of drug-likeness (QED) is 0.659. The second kappa shape index (κ2) is 8.97. The smallest absolute Gasteiger partial charge is 0.0692 e. The van der Waals surface area contributed by atoms with Crippen LogP contribution in [0.15, 0.2) is 0 Å². The Labute approximate surface area is 101 Å². The molecule has 16 heavy (non-hydrogen) atoms. The first-order valence-corrected chi connectivity index (χ1v) is 6.40. The topological polar surface area (TPSA) is 32.7 Å². The highest BCUT2D eigenvalue weighted by molar-refractivity contribution is 4.70. The van der Waals surface area contributed by atoms with Crippen LogP contribution in [0.4, 0.5) is 0 Å². The number of ether oxygens (including phenoxy) is 1. The number of aliphatic hydroxyl groups is 1. The van der Waals surface area contributed by atoms with Gasteiger partial charge >= 0.3 is 0 Å². The van der Waals surface area contributed by atoms with E-state index < -0.39 is 0 Å². The summed E-state index contributed by atoms with van der Waals surface area (Å²) in [4.78, 5) is 2.30. The first-order valence-electron chi connectivity index (χ1n) is 6.40. The van der Waals surface area contributed by atoms with Gasteiger partial charge in [-0.15, -0.1) is 0 Å². The molecule has 0 heterocycles. The summed E-state index contributed by atoms with van der Waals surface area (Å²) >= 11 is 0. The largest absolute Gasteiger partial charge is 0.392 e. The van der Waals surface area contributed by atoms with Gasteiger partial charge in [0.25, 0.3) is 0 Å². The minimum Gasteiger partial charge on any atom is -0.392 e. The highest BCUT2D eigenvalue weighted by atomic mass is 16.5. The molecule has 0 aromatic carbocycles. The molecule has 98 valence electrons. The summed E-state index contributed by atoms with van der Waals surface area (Å²) in [7, 11) is 1.72. The van der Waals surface area contributed by atoms with Crippen molar-refractivity contribution in [2.24, 2.45) is 11.8 Å². The third kappa shape index (κ3) is 7.20. The molecule has 0 amide bonds. The monoisotopic (exact) mass is 231 g/mol. The molecule has 0 bridgehead atoms. The van der Waals surface area contributed by atoms with Gasteiger partial charge in [0.1, 0.15) is 0 Å². The van der Waals surface area contributed by atoms with Crippen LogP contribution >= 0.6 is 0 Å². The predicted molar refractivity (Wildman–Crippen MR) is 68.6 cm³/mol. The lowest BCUT2D eigenvalue weighted by Crippen LogP contribution is -2.39. The lowest BCUT2D eigenvalue weighted by atomic mass is 10.0. The first-order chi connectivity index (χ1) is 7.51. The molecule has 0 saturated heterocycles. The molecule has 3 heteroatoms. The molecule has 2 atom stereocenters. The van der Waals surface area contributed by atoms with E-state index in [1.165, 1.54) is 0 Å². The molecule has 0 aliphatic heterocycles. The molecule has 2 unspecified atom stereocenters. The van der Waals surface area contributed by atoms with Crippen LogP contribution in [0.1, 0.15) is 34.1 Å². The molecule has 0 rings (SSSR count). The molecule has 0 aromatic heterocycles. The first kappa shape index (κ1) is 15.9. The fraction of sp³-hybridized carbons (Fsp3) is 1.00. The second-order valence-electron chi connectivity index (χ2n) is 5.10. The lowest BCUT2D eigenvalue weighted by Gasteiger charge is -2.28. The Balaban J connectivity index is 4.07. The Bertz CT molecular complexity index is 162. The number of aliphatic hydroxyl groups excluding tert-OH is 1. The van der Waals surface area contributed by atoms with E-state index in [-0.39, 0.29) is 6.10 Å². The van der Waals surface area contributed by atoms with E-state index in [9.17, 15) is 5.11 Å². The summed E-state index contributed by atoms with van der Waals surface area (Å²) < 4.78 is 5.10. The molecule has 0 spiro atoms. The standard InChI is InChI=1S/C13H29NO2/c1-6-12(4)13(15)10-14(7-8-16-5)9-11(2)3/h11-13,15H,6-10H2,1-5H3. The van der Waals surface area contributed by atoms with Crippen molar-refractivity contribution in [3.8, 4) is 0 Å². The highest BCUT2D eigenvalue weighted by Crippen LogP contribution is 2.10. The lowest BCUT2D eigenvalue weighted by molar-refractivity contribution is 0.0517. The minimum atomic E-state index is -0.222. The molecular formula is C13H29NO2. The van der Waals surface area contributed by atoms with Crippen molar-refractivity contribution < 1.29 is 9.84 Å². The molecule has 0 aliphatic rings. The Hall–Kier alpha value is -0.120. The Morgan fingerprint density at radius 1 is 1.19 bits per heavy atom. The fourth-order valence-electron chi connectivity index (χ4n) is 1.71. The van der Waals surface area contributed by atoms with Crippen molar-refractivity contribution in [2.45, 2.75) is 40.2 Å². The molecule has 0 radical (unpaired) electrons. The van der Waals surface area contributed by atoms with E-state index in [1.807, 2.05) is 0 Å². The molecule has 0 aliphatic carbocycles. The number of nitrogens with zero attached hydrogens (tertiary/aromatic N) is 1. The summed E-state index contributed by atoms with van der Waals surface area (Å²) in [5.74, 6) is 0.998. The maximum atomic E-state index is 10.0. The second-order valence-corrected chi connectivity index (χ2v) is 5.10. The van der Waals surface area contributed by atoms with Crippen molar-refractivity contribution in [3.63, 3.8) is 0 Å². The zero-order valence-corrected chi connectivity index (χ0v) is 11.6. The summed E-state index contributed by atoms with van der Waals surface area (Å²) in [6, 6.07) is 0. The normalized spacial score (nSPS) is 15.8. The van der Waals surface area contributed by atoms with Crippen molar-refractivity contribution >= 4 is 0 Å². The number of methoxy groups -OCH3 is 1. The Morgan fingerprint density at radius 3 is 2.25 bits per heavy atom. The van der Waals surface area contributed by atoms with E-state index in [1.54, 1.807) is 7.11 Å². The SMILES string of the molecule is CCC(C)C(O)CN(CCOC)CC(C)C. The van der Waals surface area contributed by atoms with Gasteiger partial charge in [0.2, 0.25) is 0 Å². The van der Waals surface area contributed by atoms with Gasteiger partial charge in [0.05, 0.1) is 12.7 Å². The average Bonchev–Trinajstić information content (AvgIpc) is 2.23. The maximum absolute atomic E-state index is 10.0. The van der Waals surface area contributed by atoms with E-state index in [2.05, 4.69) is 32.6 Å². The predicted octanol–water partition coefficient (Wildman–Crippen LogP) is 2.00. The van der Waals surface area contributed by atoms with E-state index >= 15 is 0 Å². The highest BCUT2D eigenvalue weighted by Gasteiger charge is 2.17. The number of rotatable bonds is 9. The van der Waals surface area contributed by atoms with Gasteiger partial charge in [-0.1, -0.05) is 34.1 Å². The third-order valence-corrected chi connectivity index (χ3v) is 2.98. The summed E-state index contributed by atoms with van der Waals surface area (Å²) in [6.07, 6.45) is 0.807. The van der Waals surface area contributed by atoms with Crippen LogP contribution in [0.2, 0.25) is 0 Å². The van der Waals surface area contributed by atoms with Crippen molar-refractivity contribution in [1.29, 1.82) is 0 Å². The van der Waals surface area contributed by atoms with E-state index in [0.29, 0.717) is 11.8 Å². The summed E-state index contributed by atoms with van der Waals surface area (Å²) in [5.41, 5.74) is 0. The minimum absolute atomic E-state index is 0.222. The molecule has 3 nitrogen and oxygen atoms in total. The van der Waals surface area contributed by atoms with Crippen molar-refractivity contribution in [2.75, 3.05) is 33.4 Å². The van der Waals surface area contributed by atoms with Crippen molar-refractivity contribution in [3.05, 3.63) is 0 Å². The van der Waals surface area contributed by atoms with Gasteiger partial charge in [-0.05, 0) is 11.8 Å². The molecule has 0 saturated carbocycles. The van der Waals surface area contributed by atoms with Gasteiger partial charge in [0, 0.05) is 26.7 Å². The molecular weight excluding hydrogens is 202 g/mol. The summed E-state index contributed by atoms with van der Waals surface area (Å²) in [6.45, 7) is 12.1. The third-order valence-electron chi connectivity index (χ3n) is 2.98. The molecule has 0 aromatic rings.